The van der Waals surface area contributed by atoms with E-state index in [0.717, 1.165) is 39.3 Å². The summed E-state index contributed by atoms with van der Waals surface area (Å²) in [7, 11) is 1.64. The summed E-state index contributed by atoms with van der Waals surface area (Å²) in [6.07, 6.45) is 0. The van der Waals surface area contributed by atoms with E-state index in [2.05, 4.69) is 15.8 Å². The fourth-order valence-corrected chi connectivity index (χ4v) is 3.41. The van der Waals surface area contributed by atoms with E-state index >= 15 is 0 Å². The van der Waals surface area contributed by atoms with Crippen molar-refractivity contribution in [2.75, 3.05) is 7.11 Å². The van der Waals surface area contributed by atoms with Gasteiger partial charge in [0.1, 0.15) is 17.6 Å². The molecule has 4 aromatic rings. The SMILES string of the molecule is COc1ccc(-n2c(-c3c(C)noc3C)c(C#N)c3ccccc32)cc1. The average Bonchev–Trinajstić information content (AvgIpc) is 3.17. The first-order chi connectivity index (χ1) is 12.7. The van der Waals surface area contributed by atoms with E-state index in [-0.39, 0.29) is 0 Å². The largest absolute Gasteiger partial charge is 0.497 e. The van der Waals surface area contributed by atoms with E-state index in [0.29, 0.717) is 11.3 Å². The molecule has 2 aromatic heterocycles. The first kappa shape index (κ1) is 16.0. The molecule has 0 radical (unpaired) electrons. The summed E-state index contributed by atoms with van der Waals surface area (Å²) < 4.78 is 12.7. The smallest absolute Gasteiger partial charge is 0.143 e. The van der Waals surface area contributed by atoms with Crippen LogP contribution in [0.2, 0.25) is 0 Å². The molecular weight excluding hydrogens is 326 g/mol. The van der Waals surface area contributed by atoms with Gasteiger partial charge in [-0.3, -0.25) is 0 Å². The van der Waals surface area contributed by atoms with Crippen molar-refractivity contribution in [3.8, 4) is 28.8 Å². The number of methoxy groups -OCH3 is 1. The Balaban J connectivity index is 2.14. The number of fused-ring (bicyclic) bond motifs is 1. The molecule has 0 fully saturated rings. The van der Waals surface area contributed by atoms with E-state index < -0.39 is 0 Å². The van der Waals surface area contributed by atoms with Crippen LogP contribution in [0.3, 0.4) is 0 Å². The van der Waals surface area contributed by atoms with Crippen molar-refractivity contribution in [2.45, 2.75) is 13.8 Å². The molecule has 26 heavy (non-hydrogen) atoms. The number of benzene rings is 2. The number of ether oxygens (including phenoxy) is 1. The highest BCUT2D eigenvalue weighted by molar-refractivity contribution is 5.96. The number of aryl methyl sites for hydroxylation is 2. The van der Waals surface area contributed by atoms with Crippen LogP contribution in [0, 0.1) is 25.2 Å². The molecule has 5 nitrogen and oxygen atoms in total. The highest BCUT2D eigenvalue weighted by Crippen LogP contribution is 2.39. The molecule has 0 bridgehead atoms. The summed E-state index contributed by atoms with van der Waals surface area (Å²) in [6.45, 7) is 3.76. The van der Waals surface area contributed by atoms with Crippen molar-refractivity contribution in [3.63, 3.8) is 0 Å². The normalized spacial score (nSPS) is 10.8. The summed E-state index contributed by atoms with van der Waals surface area (Å²) >= 11 is 0. The number of para-hydroxylation sites is 1. The molecule has 2 aromatic carbocycles. The summed E-state index contributed by atoms with van der Waals surface area (Å²) in [5, 5.41) is 14.9. The van der Waals surface area contributed by atoms with Crippen LogP contribution in [0.5, 0.6) is 5.75 Å². The molecule has 0 saturated heterocycles. The average molecular weight is 343 g/mol. The van der Waals surface area contributed by atoms with E-state index in [1.807, 2.05) is 62.4 Å². The van der Waals surface area contributed by atoms with E-state index in [9.17, 15) is 5.26 Å². The lowest BCUT2D eigenvalue weighted by Gasteiger charge is -2.12. The zero-order chi connectivity index (χ0) is 18.3. The standard InChI is InChI=1S/C21H17N3O2/c1-13-20(14(2)26-23-13)21-18(12-22)17-6-4-5-7-19(17)24(21)15-8-10-16(25-3)11-9-15/h4-11H,1-3H3. The molecule has 4 rings (SSSR count). The van der Waals surface area contributed by atoms with Gasteiger partial charge in [0, 0.05) is 11.1 Å². The minimum atomic E-state index is 0.616. The maximum Gasteiger partial charge on any atom is 0.143 e. The topological polar surface area (TPSA) is 64.0 Å². The van der Waals surface area contributed by atoms with Crippen LogP contribution in [-0.2, 0) is 0 Å². The number of aromatic nitrogens is 2. The minimum absolute atomic E-state index is 0.616. The molecule has 0 aliphatic heterocycles. The maximum atomic E-state index is 9.91. The first-order valence-corrected chi connectivity index (χ1v) is 8.27. The number of hydrogen-bond donors (Lipinski definition) is 0. The van der Waals surface area contributed by atoms with Gasteiger partial charge in [-0.1, -0.05) is 23.4 Å². The van der Waals surface area contributed by atoms with Crippen LogP contribution >= 0.6 is 0 Å². The van der Waals surface area contributed by atoms with E-state index in [1.54, 1.807) is 7.11 Å². The van der Waals surface area contributed by atoms with Gasteiger partial charge in [0.15, 0.2) is 0 Å². The van der Waals surface area contributed by atoms with Crippen LogP contribution < -0.4 is 4.74 Å². The molecule has 0 amide bonds. The zero-order valence-electron chi connectivity index (χ0n) is 14.8. The first-order valence-electron chi connectivity index (χ1n) is 8.27. The lowest BCUT2D eigenvalue weighted by atomic mass is 10.0. The van der Waals surface area contributed by atoms with Crippen molar-refractivity contribution in [1.29, 1.82) is 5.26 Å². The molecule has 128 valence electrons. The maximum absolute atomic E-state index is 9.91. The lowest BCUT2D eigenvalue weighted by Crippen LogP contribution is -1.99. The predicted molar refractivity (Wildman–Crippen MR) is 99.5 cm³/mol. The Morgan fingerprint density at radius 3 is 2.42 bits per heavy atom. The predicted octanol–water partition coefficient (Wildman–Crippen LogP) is 4.78. The number of hydrogen-bond acceptors (Lipinski definition) is 4. The Kier molecular flexibility index (Phi) is 3.74. The Hall–Kier alpha value is -3.52. The summed E-state index contributed by atoms with van der Waals surface area (Å²) in [6, 6.07) is 18.1. The highest BCUT2D eigenvalue weighted by Gasteiger charge is 2.24. The number of nitrogens with zero attached hydrogens (tertiary/aromatic N) is 3. The third-order valence-electron chi connectivity index (χ3n) is 4.59. The van der Waals surface area contributed by atoms with Crippen LogP contribution in [0.15, 0.2) is 53.1 Å². The molecule has 0 aliphatic carbocycles. The zero-order valence-corrected chi connectivity index (χ0v) is 14.8. The van der Waals surface area contributed by atoms with Gasteiger partial charge in [0.25, 0.3) is 0 Å². The van der Waals surface area contributed by atoms with Gasteiger partial charge in [-0.15, -0.1) is 0 Å². The molecule has 0 atom stereocenters. The number of nitriles is 1. The molecular formula is C21H17N3O2. The van der Waals surface area contributed by atoms with Gasteiger partial charge >= 0.3 is 0 Å². The monoisotopic (exact) mass is 343 g/mol. The lowest BCUT2D eigenvalue weighted by molar-refractivity contribution is 0.393. The Labute approximate surface area is 151 Å². The molecule has 0 spiro atoms. The van der Waals surface area contributed by atoms with Gasteiger partial charge in [-0.2, -0.15) is 5.26 Å². The van der Waals surface area contributed by atoms with Crippen LogP contribution in [-0.4, -0.2) is 16.8 Å². The van der Waals surface area contributed by atoms with Crippen molar-refractivity contribution in [3.05, 3.63) is 65.5 Å². The van der Waals surface area contributed by atoms with Crippen molar-refractivity contribution >= 4 is 10.9 Å². The van der Waals surface area contributed by atoms with E-state index in [4.69, 9.17) is 9.26 Å². The van der Waals surface area contributed by atoms with Crippen LogP contribution in [0.4, 0.5) is 0 Å². The van der Waals surface area contributed by atoms with Crippen LogP contribution in [0.1, 0.15) is 17.0 Å². The van der Waals surface area contributed by atoms with Crippen molar-refractivity contribution < 1.29 is 9.26 Å². The van der Waals surface area contributed by atoms with Crippen molar-refractivity contribution in [1.82, 2.24) is 9.72 Å². The van der Waals surface area contributed by atoms with Gasteiger partial charge in [-0.25, -0.2) is 0 Å². The summed E-state index contributed by atoms with van der Waals surface area (Å²) in [5.74, 6) is 1.47. The number of rotatable bonds is 3. The van der Waals surface area contributed by atoms with Crippen LogP contribution in [0.25, 0.3) is 27.8 Å². The molecule has 5 heteroatoms. The fourth-order valence-electron chi connectivity index (χ4n) is 3.41. The van der Waals surface area contributed by atoms with Gasteiger partial charge in [0.05, 0.1) is 35.1 Å². The van der Waals surface area contributed by atoms with Gasteiger partial charge in [0.2, 0.25) is 0 Å². The quantitative estimate of drug-likeness (QED) is 0.537. The van der Waals surface area contributed by atoms with Gasteiger partial charge in [-0.05, 0) is 44.2 Å². The second kappa shape index (κ2) is 6.08. The highest BCUT2D eigenvalue weighted by atomic mass is 16.5. The second-order valence-corrected chi connectivity index (χ2v) is 6.09. The summed E-state index contributed by atoms with van der Waals surface area (Å²) in [5.41, 5.74) is 4.94. The van der Waals surface area contributed by atoms with Gasteiger partial charge < -0.3 is 13.8 Å². The molecule has 2 heterocycles. The molecule has 0 N–H and O–H groups in total. The third kappa shape index (κ3) is 2.27. The minimum Gasteiger partial charge on any atom is -0.497 e. The fraction of sp³-hybridized carbons (Fsp3) is 0.143. The van der Waals surface area contributed by atoms with Crippen molar-refractivity contribution in [2.24, 2.45) is 0 Å². The van der Waals surface area contributed by atoms with E-state index in [1.165, 1.54) is 0 Å². The summed E-state index contributed by atoms with van der Waals surface area (Å²) in [4.78, 5) is 0. The Morgan fingerprint density at radius 1 is 1.08 bits per heavy atom. The Morgan fingerprint density at radius 2 is 1.81 bits per heavy atom. The Bertz CT molecular complexity index is 1130. The molecule has 0 saturated carbocycles. The molecule has 0 unspecified atom stereocenters. The molecule has 0 aliphatic rings. The third-order valence-corrected chi connectivity index (χ3v) is 4.59. The second-order valence-electron chi connectivity index (χ2n) is 6.09.